The van der Waals surface area contributed by atoms with E-state index in [0.29, 0.717) is 16.9 Å². The first kappa shape index (κ1) is 13.9. The molecule has 2 aromatic carbocycles. The van der Waals surface area contributed by atoms with Gasteiger partial charge in [-0.2, -0.15) is 5.10 Å². The first-order chi connectivity index (χ1) is 10.2. The van der Waals surface area contributed by atoms with Crippen LogP contribution in [0, 0.1) is 9.39 Å². The summed E-state index contributed by atoms with van der Waals surface area (Å²) in [4.78, 5) is 11.3. The Balaban J connectivity index is 2.10. The molecule has 0 bridgehead atoms. The van der Waals surface area contributed by atoms with Crippen LogP contribution in [0.1, 0.15) is 10.4 Å². The second-order valence-electron chi connectivity index (χ2n) is 4.48. The summed E-state index contributed by atoms with van der Waals surface area (Å²) in [5.74, 6) is -0.341. The van der Waals surface area contributed by atoms with Crippen molar-refractivity contribution < 1.29 is 9.18 Å². The van der Waals surface area contributed by atoms with Gasteiger partial charge in [-0.3, -0.25) is 4.79 Å². The largest absolute Gasteiger partial charge is 0.298 e. The van der Waals surface area contributed by atoms with Gasteiger partial charge >= 0.3 is 0 Å². The Morgan fingerprint density at radius 3 is 2.57 bits per heavy atom. The van der Waals surface area contributed by atoms with Gasteiger partial charge in [0.25, 0.3) is 0 Å². The quantitative estimate of drug-likeness (QED) is 0.497. The van der Waals surface area contributed by atoms with Crippen LogP contribution in [0.15, 0.2) is 54.7 Å². The Bertz CT molecular complexity index is 796. The number of halogens is 2. The summed E-state index contributed by atoms with van der Waals surface area (Å²) < 4.78 is 15.9. The Labute approximate surface area is 134 Å². The van der Waals surface area contributed by atoms with Gasteiger partial charge in [0.1, 0.15) is 11.5 Å². The van der Waals surface area contributed by atoms with E-state index in [1.807, 2.05) is 24.3 Å². The maximum absolute atomic E-state index is 13.3. The number of rotatable bonds is 3. The molecule has 0 radical (unpaired) electrons. The molecular weight excluding hydrogens is 382 g/mol. The van der Waals surface area contributed by atoms with Crippen LogP contribution in [0.25, 0.3) is 16.9 Å². The second kappa shape index (κ2) is 5.77. The Hall–Kier alpha value is -2.02. The van der Waals surface area contributed by atoms with Crippen LogP contribution in [0.3, 0.4) is 0 Å². The van der Waals surface area contributed by atoms with E-state index in [0.717, 1.165) is 15.4 Å². The maximum atomic E-state index is 13.3. The van der Waals surface area contributed by atoms with Gasteiger partial charge in [0.2, 0.25) is 0 Å². The lowest BCUT2D eigenvalue weighted by Crippen LogP contribution is -1.95. The molecule has 104 valence electrons. The Morgan fingerprint density at radius 1 is 1.14 bits per heavy atom. The lowest BCUT2D eigenvalue weighted by atomic mass is 10.1. The van der Waals surface area contributed by atoms with E-state index >= 15 is 0 Å². The number of aldehydes is 1. The zero-order valence-corrected chi connectivity index (χ0v) is 13.0. The molecule has 5 heteroatoms. The van der Waals surface area contributed by atoms with Gasteiger partial charge in [0, 0.05) is 15.3 Å². The molecule has 0 fully saturated rings. The van der Waals surface area contributed by atoms with Crippen molar-refractivity contribution in [2.24, 2.45) is 0 Å². The van der Waals surface area contributed by atoms with Crippen molar-refractivity contribution in [2.45, 2.75) is 0 Å². The van der Waals surface area contributed by atoms with E-state index in [-0.39, 0.29) is 5.82 Å². The fourth-order valence-electron chi connectivity index (χ4n) is 2.06. The van der Waals surface area contributed by atoms with E-state index in [1.54, 1.807) is 18.3 Å². The molecule has 0 N–H and O–H groups in total. The molecule has 0 amide bonds. The summed E-state index contributed by atoms with van der Waals surface area (Å²) in [6.07, 6.45) is 2.37. The van der Waals surface area contributed by atoms with E-state index in [2.05, 4.69) is 27.7 Å². The summed E-state index contributed by atoms with van der Waals surface area (Å²) in [6.45, 7) is 0. The van der Waals surface area contributed by atoms with Gasteiger partial charge in [0.05, 0.1) is 11.3 Å². The molecule has 0 aliphatic heterocycles. The average molecular weight is 392 g/mol. The van der Waals surface area contributed by atoms with Gasteiger partial charge in [-0.1, -0.05) is 18.2 Å². The van der Waals surface area contributed by atoms with Crippen LogP contribution in [-0.2, 0) is 0 Å². The molecule has 0 aliphatic rings. The highest BCUT2D eigenvalue weighted by molar-refractivity contribution is 14.1. The molecule has 3 aromatic rings. The fraction of sp³-hybridized carbons (Fsp3) is 0. The topological polar surface area (TPSA) is 34.9 Å². The molecule has 0 atom stereocenters. The van der Waals surface area contributed by atoms with Crippen LogP contribution in [0.2, 0.25) is 0 Å². The minimum Gasteiger partial charge on any atom is -0.298 e. The molecule has 1 heterocycles. The van der Waals surface area contributed by atoms with E-state index in [1.165, 1.54) is 16.8 Å². The van der Waals surface area contributed by atoms with Crippen LogP contribution in [0.4, 0.5) is 4.39 Å². The molecule has 0 unspecified atom stereocenters. The highest BCUT2D eigenvalue weighted by Crippen LogP contribution is 2.23. The summed E-state index contributed by atoms with van der Waals surface area (Å²) in [5, 5.41) is 4.41. The van der Waals surface area contributed by atoms with E-state index < -0.39 is 0 Å². The SMILES string of the molecule is O=Cc1cn(-c2cccc(F)c2)nc1-c1ccc(I)cc1. The normalized spacial score (nSPS) is 10.6. The third-order valence-corrected chi connectivity index (χ3v) is 3.78. The van der Waals surface area contributed by atoms with Crippen LogP contribution >= 0.6 is 22.6 Å². The third-order valence-electron chi connectivity index (χ3n) is 3.06. The standard InChI is InChI=1S/C16H10FIN2O/c17-13-2-1-3-15(8-13)20-9-12(10-21)16(19-20)11-4-6-14(18)7-5-11/h1-10H. The number of carbonyl (C=O) groups excluding carboxylic acids is 1. The van der Waals surface area contributed by atoms with Crippen molar-refractivity contribution in [3.8, 4) is 16.9 Å². The fourth-order valence-corrected chi connectivity index (χ4v) is 2.42. The lowest BCUT2D eigenvalue weighted by molar-refractivity contribution is 0.112. The van der Waals surface area contributed by atoms with Crippen molar-refractivity contribution in [3.05, 3.63) is 69.7 Å². The number of hydrogen-bond acceptors (Lipinski definition) is 2. The van der Waals surface area contributed by atoms with Crippen molar-refractivity contribution >= 4 is 28.9 Å². The average Bonchev–Trinajstić information content (AvgIpc) is 2.92. The molecule has 0 saturated carbocycles. The van der Waals surface area contributed by atoms with E-state index in [4.69, 9.17) is 0 Å². The highest BCUT2D eigenvalue weighted by Gasteiger charge is 2.12. The molecule has 0 aliphatic carbocycles. The lowest BCUT2D eigenvalue weighted by Gasteiger charge is -2.01. The van der Waals surface area contributed by atoms with Crippen LogP contribution < -0.4 is 0 Å². The molecule has 0 spiro atoms. The number of carbonyl (C=O) groups is 1. The van der Waals surface area contributed by atoms with Crippen molar-refractivity contribution in [3.63, 3.8) is 0 Å². The monoisotopic (exact) mass is 392 g/mol. The first-order valence-corrected chi connectivity index (χ1v) is 7.32. The Morgan fingerprint density at radius 2 is 1.90 bits per heavy atom. The molecule has 21 heavy (non-hydrogen) atoms. The van der Waals surface area contributed by atoms with Crippen molar-refractivity contribution in [2.75, 3.05) is 0 Å². The summed E-state index contributed by atoms with van der Waals surface area (Å²) in [5.41, 5.74) is 2.49. The van der Waals surface area contributed by atoms with Crippen molar-refractivity contribution in [1.82, 2.24) is 9.78 Å². The highest BCUT2D eigenvalue weighted by atomic mass is 127. The number of benzene rings is 2. The molecule has 0 saturated heterocycles. The van der Waals surface area contributed by atoms with Gasteiger partial charge in [-0.05, 0) is 52.9 Å². The maximum Gasteiger partial charge on any atom is 0.153 e. The van der Waals surface area contributed by atoms with Gasteiger partial charge in [-0.25, -0.2) is 9.07 Å². The Kier molecular flexibility index (Phi) is 3.83. The van der Waals surface area contributed by atoms with Crippen LogP contribution in [-0.4, -0.2) is 16.1 Å². The third kappa shape index (κ3) is 2.87. The predicted octanol–water partition coefficient (Wildman–Crippen LogP) is 4.10. The molecule has 3 nitrogen and oxygen atoms in total. The zero-order valence-electron chi connectivity index (χ0n) is 10.8. The summed E-state index contributed by atoms with van der Waals surface area (Å²) in [6, 6.07) is 13.8. The van der Waals surface area contributed by atoms with Gasteiger partial charge in [-0.15, -0.1) is 0 Å². The van der Waals surface area contributed by atoms with E-state index in [9.17, 15) is 9.18 Å². The first-order valence-electron chi connectivity index (χ1n) is 6.24. The van der Waals surface area contributed by atoms with Crippen LogP contribution in [0.5, 0.6) is 0 Å². The van der Waals surface area contributed by atoms with Gasteiger partial charge in [0.15, 0.2) is 6.29 Å². The summed E-state index contributed by atoms with van der Waals surface area (Å²) >= 11 is 2.22. The van der Waals surface area contributed by atoms with Crippen molar-refractivity contribution in [1.29, 1.82) is 0 Å². The zero-order chi connectivity index (χ0) is 14.8. The number of hydrogen-bond donors (Lipinski definition) is 0. The smallest absolute Gasteiger partial charge is 0.153 e. The number of nitrogens with zero attached hydrogens (tertiary/aromatic N) is 2. The minimum atomic E-state index is -0.341. The molecular formula is C16H10FIN2O. The second-order valence-corrected chi connectivity index (χ2v) is 5.73. The number of aromatic nitrogens is 2. The van der Waals surface area contributed by atoms with Gasteiger partial charge < -0.3 is 0 Å². The predicted molar refractivity (Wildman–Crippen MR) is 87.1 cm³/mol. The minimum absolute atomic E-state index is 0.341. The molecule has 1 aromatic heterocycles. The molecule has 3 rings (SSSR count). The summed E-state index contributed by atoms with van der Waals surface area (Å²) in [7, 11) is 0.